The molecule has 0 saturated heterocycles. The van der Waals surface area contributed by atoms with Gasteiger partial charge in [-0.15, -0.1) is 0 Å². The number of likely N-dealkylation sites (N-methyl/N-ethyl adjacent to an activating group) is 1. The summed E-state index contributed by atoms with van der Waals surface area (Å²) in [5, 5.41) is 3.97. The number of hydrogen-bond acceptors (Lipinski definition) is 3. The molecule has 0 saturated carbocycles. The molecule has 1 N–H and O–H groups in total. The Balaban J connectivity index is 2.74. The molecule has 0 bridgehead atoms. The Morgan fingerprint density at radius 1 is 1.28 bits per heavy atom. The van der Waals surface area contributed by atoms with E-state index in [0.717, 1.165) is 18.7 Å². The number of nitrogens with one attached hydrogen (secondary N) is 1. The molecule has 0 aliphatic carbocycles. The Morgan fingerprint density at radius 3 is 2.39 bits per heavy atom. The van der Waals surface area contributed by atoms with Gasteiger partial charge in [-0.05, 0) is 36.6 Å². The minimum absolute atomic E-state index is 0.206. The fourth-order valence-electron chi connectivity index (χ4n) is 1.80. The lowest BCUT2D eigenvalue weighted by molar-refractivity contribution is 0.566. The first-order valence-corrected chi connectivity index (χ1v) is 8.50. The van der Waals surface area contributed by atoms with Gasteiger partial charge in [0.05, 0.1) is 5.75 Å². The molecule has 0 aliphatic rings. The van der Waals surface area contributed by atoms with Gasteiger partial charge in [0.1, 0.15) is 9.84 Å². The number of halogens is 1. The maximum atomic E-state index is 11.3. The van der Waals surface area contributed by atoms with Crippen LogP contribution in [-0.2, 0) is 9.84 Å². The highest BCUT2D eigenvalue weighted by Crippen LogP contribution is 2.21. The van der Waals surface area contributed by atoms with Crippen molar-refractivity contribution >= 4 is 21.4 Å². The second kappa shape index (κ2) is 7.12. The highest BCUT2D eigenvalue weighted by atomic mass is 35.5. The molecule has 1 rings (SSSR count). The SMILES string of the molecule is CCNCC(CCS(C)(=O)=O)c1ccc(Cl)cc1. The van der Waals surface area contributed by atoms with Crippen molar-refractivity contribution < 1.29 is 8.42 Å². The van der Waals surface area contributed by atoms with Gasteiger partial charge in [0.15, 0.2) is 0 Å². The Bertz CT molecular complexity index is 456. The molecule has 18 heavy (non-hydrogen) atoms. The number of sulfone groups is 1. The Morgan fingerprint density at radius 2 is 1.89 bits per heavy atom. The number of rotatable bonds is 7. The zero-order valence-corrected chi connectivity index (χ0v) is 12.4. The van der Waals surface area contributed by atoms with Crippen LogP contribution in [-0.4, -0.2) is 33.5 Å². The van der Waals surface area contributed by atoms with E-state index >= 15 is 0 Å². The summed E-state index contributed by atoms with van der Waals surface area (Å²) in [5.74, 6) is 0.419. The number of benzene rings is 1. The molecule has 0 aromatic heterocycles. The molecule has 0 spiro atoms. The maximum Gasteiger partial charge on any atom is 0.147 e. The predicted octanol–water partition coefficient (Wildman–Crippen LogP) is 2.47. The third kappa shape index (κ3) is 5.85. The fraction of sp³-hybridized carbons (Fsp3) is 0.538. The topological polar surface area (TPSA) is 46.2 Å². The first-order chi connectivity index (χ1) is 8.42. The van der Waals surface area contributed by atoms with E-state index in [2.05, 4.69) is 5.32 Å². The van der Waals surface area contributed by atoms with E-state index in [1.165, 1.54) is 6.26 Å². The molecule has 5 heteroatoms. The monoisotopic (exact) mass is 289 g/mol. The summed E-state index contributed by atoms with van der Waals surface area (Å²) in [6.07, 6.45) is 1.91. The van der Waals surface area contributed by atoms with Crippen LogP contribution >= 0.6 is 11.6 Å². The average molecular weight is 290 g/mol. The molecule has 1 unspecified atom stereocenters. The first kappa shape index (κ1) is 15.5. The van der Waals surface area contributed by atoms with Crippen LogP contribution in [0.15, 0.2) is 24.3 Å². The third-order valence-electron chi connectivity index (χ3n) is 2.82. The molecule has 0 aliphatic heterocycles. The molecule has 0 amide bonds. The minimum Gasteiger partial charge on any atom is -0.316 e. The van der Waals surface area contributed by atoms with E-state index in [4.69, 9.17) is 11.6 Å². The summed E-state index contributed by atoms with van der Waals surface area (Å²) >= 11 is 5.86. The molecule has 102 valence electrons. The van der Waals surface area contributed by atoms with Crippen LogP contribution in [0.25, 0.3) is 0 Å². The summed E-state index contributed by atoms with van der Waals surface area (Å²) in [4.78, 5) is 0. The molecular formula is C13H20ClNO2S. The van der Waals surface area contributed by atoms with Gasteiger partial charge in [-0.3, -0.25) is 0 Å². The van der Waals surface area contributed by atoms with Gasteiger partial charge in [0, 0.05) is 17.8 Å². The lowest BCUT2D eigenvalue weighted by Gasteiger charge is -2.17. The average Bonchev–Trinajstić information content (AvgIpc) is 2.29. The Kier molecular flexibility index (Phi) is 6.12. The Labute approximate surface area is 114 Å². The van der Waals surface area contributed by atoms with E-state index in [1.807, 2.05) is 31.2 Å². The summed E-state index contributed by atoms with van der Waals surface area (Å²) in [5.41, 5.74) is 1.13. The second-order valence-corrected chi connectivity index (χ2v) is 7.17. The van der Waals surface area contributed by atoms with Gasteiger partial charge < -0.3 is 5.32 Å². The summed E-state index contributed by atoms with van der Waals surface area (Å²) < 4.78 is 22.5. The molecule has 1 aromatic carbocycles. The predicted molar refractivity (Wildman–Crippen MR) is 77.1 cm³/mol. The lowest BCUT2D eigenvalue weighted by Crippen LogP contribution is -2.23. The van der Waals surface area contributed by atoms with Crippen molar-refractivity contribution in [2.45, 2.75) is 19.3 Å². The zero-order valence-electron chi connectivity index (χ0n) is 10.8. The lowest BCUT2D eigenvalue weighted by atomic mass is 9.96. The van der Waals surface area contributed by atoms with Crippen LogP contribution < -0.4 is 5.32 Å². The standard InChI is InChI=1S/C13H20ClNO2S/c1-3-15-10-12(8-9-18(2,16)17)11-4-6-13(14)7-5-11/h4-7,12,15H,3,8-10H2,1-2H3. The summed E-state index contributed by atoms with van der Waals surface area (Å²) in [6.45, 7) is 3.70. The molecule has 0 fully saturated rings. The van der Waals surface area contributed by atoms with E-state index in [9.17, 15) is 8.42 Å². The Hall–Kier alpha value is -0.580. The normalized spacial score (nSPS) is 13.5. The van der Waals surface area contributed by atoms with Gasteiger partial charge in [-0.1, -0.05) is 30.7 Å². The highest BCUT2D eigenvalue weighted by Gasteiger charge is 2.14. The van der Waals surface area contributed by atoms with E-state index in [0.29, 0.717) is 11.4 Å². The van der Waals surface area contributed by atoms with Crippen molar-refractivity contribution in [3.05, 3.63) is 34.9 Å². The summed E-state index contributed by atoms with van der Waals surface area (Å²) in [6, 6.07) is 7.62. The molecule has 0 radical (unpaired) electrons. The van der Waals surface area contributed by atoms with Gasteiger partial charge >= 0.3 is 0 Å². The van der Waals surface area contributed by atoms with Crippen molar-refractivity contribution in [2.24, 2.45) is 0 Å². The van der Waals surface area contributed by atoms with E-state index in [1.54, 1.807) is 0 Å². The molecular weight excluding hydrogens is 270 g/mol. The van der Waals surface area contributed by atoms with Gasteiger partial charge in [-0.2, -0.15) is 0 Å². The first-order valence-electron chi connectivity index (χ1n) is 6.06. The van der Waals surface area contributed by atoms with Crippen LogP contribution in [0.5, 0.6) is 0 Å². The van der Waals surface area contributed by atoms with Crippen molar-refractivity contribution in [3.8, 4) is 0 Å². The van der Waals surface area contributed by atoms with Gasteiger partial charge in [0.2, 0.25) is 0 Å². The van der Waals surface area contributed by atoms with Gasteiger partial charge in [-0.25, -0.2) is 8.42 Å². The third-order valence-corrected chi connectivity index (χ3v) is 4.05. The zero-order chi connectivity index (χ0) is 13.6. The van der Waals surface area contributed by atoms with Crippen LogP contribution in [0.3, 0.4) is 0 Å². The smallest absolute Gasteiger partial charge is 0.147 e. The van der Waals surface area contributed by atoms with Crippen LogP contribution in [0, 0.1) is 0 Å². The maximum absolute atomic E-state index is 11.3. The van der Waals surface area contributed by atoms with Crippen molar-refractivity contribution in [1.82, 2.24) is 5.32 Å². The quantitative estimate of drug-likeness (QED) is 0.839. The largest absolute Gasteiger partial charge is 0.316 e. The van der Waals surface area contributed by atoms with Crippen molar-refractivity contribution in [1.29, 1.82) is 0 Å². The van der Waals surface area contributed by atoms with Crippen molar-refractivity contribution in [2.75, 3.05) is 25.1 Å². The van der Waals surface area contributed by atoms with Crippen LogP contribution in [0.4, 0.5) is 0 Å². The summed E-state index contributed by atoms with van der Waals surface area (Å²) in [7, 11) is -2.91. The van der Waals surface area contributed by atoms with Crippen molar-refractivity contribution in [3.63, 3.8) is 0 Å². The minimum atomic E-state index is -2.91. The van der Waals surface area contributed by atoms with E-state index in [-0.39, 0.29) is 11.7 Å². The fourth-order valence-corrected chi connectivity index (χ4v) is 2.64. The molecule has 1 atom stereocenters. The van der Waals surface area contributed by atoms with Crippen LogP contribution in [0.2, 0.25) is 5.02 Å². The molecule has 0 heterocycles. The highest BCUT2D eigenvalue weighted by molar-refractivity contribution is 7.90. The second-order valence-electron chi connectivity index (χ2n) is 4.47. The van der Waals surface area contributed by atoms with E-state index < -0.39 is 9.84 Å². The van der Waals surface area contributed by atoms with Crippen LogP contribution in [0.1, 0.15) is 24.8 Å². The molecule has 3 nitrogen and oxygen atoms in total. The molecule has 1 aromatic rings. The number of hydrogen-bond donors (Lipinski definition) is 1. The van der Waals surface area contributed by atoms with Gasteiger partial charge in [0.25, 0.3) is 0 Å².